The fourth-order valence-corrected chi connectivity index (χ4v) is 4.57. The van der Waals surface area contributed by atoms with Crippen molar-refractivity contribution in [2.24, 2.45) is 4.99 Å². The molecule has 1 aromatic carbocycles. The van der Waals surface area contributed by atoms with Gasteiger partial charge in [-0.3, -0.25) is 14.9 Å². The van der Waals surface area contributed by atoms with Crippen molar-refractivity contribution in [2.45, 2.75) is 6.54 Å². The predicted octanol–water partition coefficient (Wildman–Crippen LogP) is 4.76. The molecular formula is C17H12BrN3O3S2. The zero-order valence-electron chi connectivity index (χ0n) is 13.3. The molecule has 26 heavy (non-hydrogen) atoms. The van der Waals surface area contributed by atoms with Gasteiger partial charge >= 0.3 is 5.00 Å². The van der Waals surface area contributed by atoms with E-state index in [4.69, 9.17) is 0 Å². The summed E-state index contributed by atoms with van der Waals surface area (Å²) in [6.45, 7) is 4.29. The summed E-state index contributed by atoms with van der Waals surface area (Å²) in [5.41, 5.74) is 0.975. The van der Waals surface area contributed by atoms with E-state index < -0.39 is 10.8 Å². The van der Waals surface area contributed by atoms with Crippen molar-refractivity contribution < 1.29 is 9.72 Å². The smallest absolute Gasteiger partial charge is 0.312 e. The number of hydrogen-bond acceptors (Lipinski definition) is 5. The number of thiazole rings is 1. The normalized spacial score (nSPS) is 12.1. The second kappa shape index (κ2) is 7.90. The zero-order chi connectivity index (χ0) is 18.7. The van der Waals surface area contributed by atoms with E-state index in [1.54, 1.807) is 12.1 Å². The number of halogens is 1. The summed E-state index contributed by atoms with van der Waals surface area (Å²) in [6.07, 6.45) is 4.59. The minimum Gasteiger partial charge on any atom is -0.312 e. The van der Waals surface area contributed by atoms with Gasteiger partial charge in [-0.25, -0.2) is 0 Å². The molecule has 0 saturated heterocycles. The summed E-state index contributed by atoms with van der Waals surface area (Å²) in [5, 5.41) is 10.7. The largest absolute Gasteiger partial charge is 0.324 e. The number of benzene rings is 1. The molecule has 0 spiro atoms. The summed E-state index contributed by atoms with van der Waals surface area (Å²) < 4.78 is 3.88. The Balaban J connectivity index is 1.93. The van der Waals surface area contributed by atoms with Crippen LogP contribution in [0.1, 0.15) is 4.88 Å². The molecule has 2 aromatic heterocycles. The molecule has 3 rings (SSSR count). The van der Waals surface area contributed by atoms with Gasteiger partial charge in [0.25, 0.3) is 5.91 Å². The van der Waals surface area contributed by atoms with Gasteiger partial charge in [0.1, 0.15) is 0 Å². The number of amides is 1. The molecule has 132 valence electrons. The highest BCUT2D eigenvalue weighted by molar-refractivity contribution is 9.10. The number of allylic oxidation sites excluding steroid dienone is 1. The van der Waals surface area contributed by atoms with Gasteiger partial charge in [0.05, 0.1) is 15.1 Å². The highest BCUT2D eigenvalue weighted by atomic mass is 79.9. The van der Waals surface area contributed by atoms with Crippen LogP contribution in [0.2, 0.25) is 0 Å². The number of carbonyl (C=O) groups excluding carboxylic acids is 1. The first-order chi connectivity index (χ1) is 12.5. The lowest BCUT2D eigenvalue weighted by atomic mass is 10.3. The molecule has 0 bridgehead atoms. The highest BCUT2D eigenvalue weighted by Crippen LogP contribution is 2.25. The lowest BCUT2D eigenvalue weighted by molar-refractivity contribution is -0.380. The van der Waals surface area contributed by atoms with Gasteiger partial charge < -0.3 is 4.57 Å². The molecule has 0 atom stereocenters. The van der Waals surface area contributed by atoms with Crippen LogP contribution < -0.4 is 4.80 Å². The first-order valence-electron chi connectivity index (χ1n) is 7.38. The number of thiophene rings is 1. The first kappa shape index (κ1) is 18.4. The molecule has 2 heterocycles. The van der Waals surface area contributed by atoms with Gasteiger partial charge in [-0.15, -0.1) is 6.58 Å². The number of aromatic nitrogens is 1. The van der Waals surface area contributed by atoms with Crippen LogP contribution in [0.25, 0.3) is 16.3 Å². The molecule has 0 aliphatic rings. The Hall–Kier alpha value is -2.36. The molecule has 0 radical (unpaired) electrons. The van der Waals surface area contributed by atoms with Crippen LogP contribution in [0.4, 0.5) is 5.00 Å². The van der Waals surface area contributed by atoms with Gasteiger partial charge in [-0.05, 0) is 30.3 Å². The maximum Gasteiger partial charge on any atom is 0.324 e. The van der Waals surface area contributed by atoms with Crippen molar-refractivity contribution in [1.29, 1.82) is 0 Å². The fraction of sp³-hybridized carbons (Fsp3) is 0.0588. The molecule has 0 N–H and O–H groups in total. The van der Waals surface area contributed by atoms with E-state index in [-0.39, 0.29) is 5.00 Å². The summed E-state index contributed by atoms with van der Waals surface area (Å²) in [6, 6.07) is 8.88. The van der Waals surface area contributed by atoms with Crippen LogP contribution in [0, 0.1) is 10.1 Å². The summed E-state index contributed by atoms with van der Waals surface area (Å²) >= 11 is 5.86. The Morgan fingerprint density at radius 3 is 2.85 bits per heavy atom. The molecule has 0 aliphatic heterocycles. The third-order valence-corrected chi connectivity index (χ3v) is 5.88. The van der Waals surface area contributed by atoms with E-state index in [2.05, 4.69) is 27.5 Å². The minimum atomic E-state index is -0.457. The number of nitrogens with zero attached hydrogens (tertiary/aromatic N) is 3. The number of fused-ring (bicyclic) bond motifs is 1. The van der Waals surface area contributed by atoms with Crippen LogP contribution in [0.15, 0.2) is 58.5 Å². The number of hydrogen-bond donors (Lipinski definition) is 0. The maximum atomic E-state index is 12.2. The van der Waals surface area contributed by atoms with Crippen molar-refractivity contribution in [3.8, 4) is 0 Å². The second-order valence-electron chi connectivity index (χ2n) is 5.11. The summed E-state index contributed by atoms with van der Waals surface area (Å²) in [7, 11) is 0. The van der Waals surface area contributed by atoms with E-state index in [0.717, 1.165) is 26.0 Å². The van der Waals surface area contributed by atoms with E-state index in [0.29, 0.717) is 16.2 Å². The van der Waals surface area contributed by atoms with Gasteiger partial charge in [-0.2, -0.15) is 4.99 Å². The fourth-order valence-electron chi connectivity index (χ4n) is 2.25. The molecule has 0 unspecified atom stereocenters. The first-order valence-corrected chi connectivity index (χ1v) is 9.81. The molecule has 6 nitrogen and oxygen atoms in total. The molecular weight excluding hydrogens is 438 g/mol. The van der Waals surface area contributed by atoms with Crippen LogP contribution in [0.5, 0.6) is 0 Å². The average Bonchev–Trinajstić information content (AvgIpc) is 3.19. The molecule has 0 aliphatic carbocycles. The number of nitro groups is 1. The third-order valence-electron chi connectivity index (χ3n) is 3.35. The van der Waals surface area contributed by atoms with Crippen molar-refractivity contribution in [1.82, 2.24) is 4.57 Å². The number of carbonyl (C=O) groups is 1. The average molecular weight is 450 g/mol. The van der Waals surface area contributed by atoms with Crippen molar-refractivity contribution in [3.63, 3.8) is 0 Å². The van der Waals surface area contributed by atoms with Crippen LogP contribution in [-0.4, -0.2) is 15.4 Å². The Morgan fingerprint density at radius 2 is 2.15 bits per heavy atom. The van der Waals surface area contributed by atoms with E-state index in [1.165, 1.54) is 29.6 Å². The lowest BCUT2D eigenvalue weighted by Crippen LogP contribution is -2.15. The van der Waals surface area contributed by atoms with Crippen molar-refractivity contribution >= 4 is 65.8 Å². The van der Waals surface area contributed by atoms with Crippen LogP contribution >= 0.6 is 38.6 Å². The molecule has 9 heteroatoms. The lowest BCUT2D eigenvalue weighted by Gasteiger charge is -2.00. The molecule has 3 aromatic rings. The Bertz CT molecular complexity index is 1110. The monoisotopic (exact) mass is 449 g/mol. The maximum absolute atomic E-state index is 12.2. The van der Waals surface area contributed by atoms with Crippen LogP contribution in [-0.2, 0) is 11.3 Å². The standard InChI is InChI=1S/C17H12BrN3O3S2/c1-2-9-20-13-6-3-11(18)10-14(13)26-17(20)19-15(22)7-4-12-5-8-16(25-12)21(23)24/h2-8,10H,1,9H2. The van der Waals surface area contributed by atoms with Crippen molar-refractivity contribution in [3.05, 3.63) is 73.3 Å². The van der Waals surface area contributed by atoms with Gasteiger partial charge in [0.2, 0.25) is 0 Å². The Kier molecular flexibility index (Phi) is 5.60. The molecule has 1 amide bonds. The Morgan fingerprint density at radius 1 is 1.35 bits per heavy atom. The SMILES string of the molecule is C=CCn1c(=NC(=O)C=Cc2ccc([N+](=O)[O-])s2)sc2cc(Br)ccc21. The molecule has 0 saturated carbocycles. The van der Waals surface area contributed by atoms with E-state index in [9.17, 15) is 14.9 Å². The Labute approximate surface area is 164 Å². The van der Waals surface area contributed by atoms with Crippen LogP contribution in [0.3, 0.4) is 0 Å². The highest BCUT2D eigenvalue weighted by Gasteiger charge is 2.09. The van der Waals surface area contributed by atoms with Crippen molar-refractivity contribution in [2.75, 3.05) is 0 Å². The topological polar surface area (TPSA) is 77.5 Å². The number of rotatable bonds is 5. The molecule has 0 fully saturated rings. The van der Waals surface area contributed by atoms with E-state index >= 15 is 0 Å². The summed E-state index contributed by atoms with van der Waals surface area (Å²) in [5.74, 6) is -0.426. The quantitative estimate of drug-likeness (QED) is 0.243. The second-order valence-corrected chi connectivity index (χ2v) is 8.13. The zero-order valence-corrected chi connectivity index (χ0v) is 16.5. The summed E-state index contributed by atoms with van der Waals surface area (Å²) in [4.78, 5) is 27.8. The van der Waals surface area contributed by atoms with Gasteiger partial charge in [0.15, 0.2) is 4.80 Å². The van der Waals surface area contributed by atoms with Gasteiger partial charge in [0, 0.05) is 28.0 Å². The third kappa shape index (κ3) is 4.06. The predicted molar refractivity (Wildman–Crippen MR) is 108 cm³/mol. The van der Waals surface area contributed by atoms with E-state index in [1.807, 2.05) is 22.8 Å². The van der Waals surface area contributed by atoms with Gasteiger partial charge in [-0.1, -0.05) is 44.7 Å². The minimum absolute atomic E-state index is 0.0351.